The van der Waals surface area contributed by atoms with E-state index in [-0.39, 0.29) is 106 Å². The van der Waals surface area contributed by atoms with E-state index in [1.807, 2.05) is 59.0 Å². The van der Waals surface area contributed by atoms with Gasteiger partial charge in [0.1, 0.15) is 36.8 Å². The highest BCUT2D eigenvalue weighted by molar-refractivity contribution is 7.99. The number of carbonyl (C=O) groups excluding carboxylic acids is 7. The predicted molar refractivity (Wildman–Crippen MR) is 439 cm³/mol. The van der Waals surface area contributed by atoms with Crippen LogP contribution in [0.15, 0.2) is 79.0 Å². The van der Waals surface area contributed by atoms with Crippen LogP contribution in [0, 0.1) is 35.0 Å². The Morgan fingerprint density at radius 3 is 2.34 bits per heavy atom. The molecule has 4 aliphatic carbocycles. The summed E-state index contributed by atoms with van der Waals surface area (Å²) in [5.74, 6) is -5.58. The van der Waals surface area contributed by atoms with E-state index in [9.17, 15) is 82.0 Å². The third-order valence-electron chi connectivity index (χ3n) is 24.4. The van der Waals surface area contributed by atoms with Gasteiger partial charge in [-0.1, -0.05) is 81.5 Å². The quantitative estimate of drug-likeness (QED) is 0.0139. The first-order valence-electron chi connectivity index (χ1n) is 40.4. The number of aromatic nitrogens is 4. The summed E-state index contributed by atoms with van der Waals surface area (Å²) in [6.45, 7) is 12.6. The van der Waals surface area contributed by atoms with Crippen molar-refractivity contribution in [2.75, 3.05) is 81.4 Å². The lowest BCUT2D eigenvalue weighted by atomic mass is 9.39. The number of rotatable bonds is 38. The van der Waals surface area contributed by atoms with Gasteiger partial charge in [-0.2, -0.15) is 25.3 Å². The molecule has 2 saturated heterocycles. The smallest absolute Gasteiger partial charge is 0.410 e. The minimum Gasteiger partial charge on any atom is -0.476 e. The van der Waals surface area contributed by atoms with Crippen molar-refractivity contribution in [2.24, 2.45) is 28.1 Å². The molecule has 118 heavy (non-hydrogen) atoms. The van der Waals surface area contributed by atoms with E-state index in [4.69, 9.17) is 29.0 Å². The molecule has 10 N–H and O–H groups in total. The number of thiazole rings is 1. The van der Waals surface area contributed by atoms with Gasteiger partial charge >= 0.3 is 12.1 Å². The molecular weight excluding hydrogens is 1580 g/mol. The van der Waals surface area contributed by atoms with Crippen LogP contribution in [0.4, 0.5) is 15.7 Å². The fourth-order valence-electron chi connectivity index (χ4n) is 19.3. The molecule has 0 radical (unpaired) electrons. The highest BCUT2D eigenvalue weighted by atomic mass is 32.2. The van der Waals surface area contributed by atoms with Gasteiger partial charge in [-0.15, -0.1) is 0 Å². The number of ether oxygens (including phenoxy) is 4. The van der Waals surface area contributed by atoms with Crippen molar-refractivity contribution in [3.8, 4) is 11.1 Å². The first-order valence-corrected chi connectivity index (χ1v) is 44.1. The second-order valence-electron chi connectivity index (χ2n) is 34.3. The molecule has 3 aromatic carbocycles. The maximum absolute atomic E-state index is 14.5. The van der Waals surface area contributed by atoms with E-state index >= 15 is 0 Å². The number of Topliss-reactive ketones (excluding diaryl/α,β-unsaturated/α-hetero) is 2. The molecule has 4 bridgehead atoms. The minimum absolute atomic E-state index is 0.00993. The summed E-state index contributed by atoms with van der Waals surface area (Å²) in [4.78, 5) is 125. The molecule has 3 aliphatic heterocycles. The molecular formula is C84H110N10O21S3. The third kappa shape index (κ3) is 21.1. The normalized spacial score (nSPS) is 25.1. The zero-order valence-electron chi connectivity index (χ0n) is 67.9. The Morgan fingerprint density at radius 1 is 0.873 bits per heavy atom. The molecule has 0 spiro atoms. The number of benzene rings is 3. The van der Waals surface area contributed by atoms with Gasteiger partial charge in [-0.05, 0) is 178 Å². The molecule has 6 aromatic rings. The number of likely N-dealkylation sites (tertiary alicyclic amines) is 1. The number of aryl methyl sites for hydroxylation is 1. The van der Waals surface area contributed by atoms with E-state index in [0.29, 0.717) is 76.8 Å². The summed E-state index contributed by atoms with van der Waals surface area (Å²) in [6.07, 6.45) is 1.87. The average molecular weight is 1690 g/mol. The lowest BCUT2D eigenvalue weighted by Gasteiger charge is -2.69. The fourth-order valence-corrected chi connectivity index (χ4v) is 20.8. The number of aliphatic hydroxyl groups is 5. The van der Waals surface area contributed by atoms with Crippen molar-refractivity contribution in [3.63, 3.8) is 0 Å². The van der Waals surface area contributed by atoms with Crippen LogP contribution in [-0.4, -0.2) is 251 Å². The van der Waals surface area contributed by atoms with Crippen molar-refractivity contribution >= 4 is 102 Å². The molecule has 4 saturated carbocycles. The topological polar surface area (TPSA) is 439 Å². The number of amides is 5. The number of carboxylic acid groups (broad SMARTS) is 1. The predicted octanol–water partition coefficient (Wildman–Crippen LogP) is 6.90. The summed E-state index contributed by atoms with van der Waals surface area (Å²) >= 11 is 2.67. The maximum Gasteiger partial charge on any atom is 0.410 e. The monoisotopic (exact) mass is 1690 g/mol. The van der Waals surface area contributed by atoms with Crippen LogP contribution < -0.4 is 20.9 Å². The summed E-state index contributed by atoms with van der Waals surface area (Å²) in [6, 6.07) is 19.2. The molecule has 640 valence electrons. The van der Waals surface area contributed by atoms with Gasteiger partial charge in [-0.3, -0.25) is 43.3 Å². The Bertz CT molecular complexity index is 4780. The molecule has 3 aromatic heterocycles. The van der Waals surface area contributed by atoms with Gasteiger partial charge in [0.05, 0.1) is 96.9 Å². The molecule has 12 atom stereocenters. The molecule has 34 heteroatoms. The number of para-hydroxylation sites is 1. The number of fused-ring (bicyclic) bond motifs is 2. The van der Waals surface area contributed by atoms with Gasteiger partial charge in [0.15, 0.2) is 22.4 Å². The van der Waals surface area contributed by atoms with Crippen molar-refractivity contribution < 1.29 is 101 Å². The van der Waals surface area contributed by atoms with Crippen molar-refractivity contribution in [3.05, 3.63) is 124 Å². The summed E-state index contributed by atoms with van der Waals surface area (Å²) in [5, 5.41) is 76.7. The Kier molecular flexibility index (Phi) is 28.1. The molecule has 5 amide bonds. The van der Waals surface area contributed by atoms with E-state index in [1.165, 1.54) is 39.8 Å². The van der Waals surface area contributed by atoms with E-state index < -0.39 is 148 Å². The van der Waals surface area contributed by atoms with Crippen LogP contribution in [-0.2, 0) is 92.0 Å². The molecule has 13 rings (SSSR count). The summed E-state index contributed by atoms with van der Waals surface area (Å²) < 4.78 is 59.4. The second-order valence-corrected chi connectivity index (χ2v) is 38.1. The average Bonchev–Trinajstić information content (AvgIpc) is 0.782. The van der Waals surface area contributed by atoms with Crippen LogP contribution in [0.2, 0.25) is 0 Å². The lowest BCUT2D eigenvalue weighted by molar-refractivity contribution is -0.248. The maximum atomic E-state index is 14.5. The number of carbonyl (C=O) groups is 8. The number of anilines is 2. The number of nitrogens with one attached hydrogen (secondary N) is 3. The fraction of sp³-hybridized carbons (Fsp3) is 0.583. The first-order chi connectivity index (χ1) is 55.9. The van der Waals surface area contributed by atoms with Crippen molar-refractivity contribution in [1.82, 2.24) is 40.2 Å². The number of aliphatic hydroxyl groups excluding tert-OH is 5. The Morgan fingerprint density at radius 2 is 1.63 bits per heavy atom. The SMILES string of the molecule is CSC(C)C(=O)N[C@H]1C[C@@H](COCCS(=O)(=O)O)N(CC(=O)C[C@H](C(=O)N[C@@H](C)C(=O)Cc2ccc(COC(=O)N(CCOC34CC5(C)CC(C)(CC(Cn6ncc(-c7ccc(N8CCc9cccc(C(=O)Nc%10nc%11ccccc%11s%10)c9C8)nc7C(=O)O)c6C)(C5)C3)C4)CC[C@H](O)CO)c(CC[C@@H]3OC[C@@H](O)[C@H](O)[C@H]3O)c2)C(C)C)C1=O. The summed E-state index contributed by atoms with van der Waals surface area (Å²) in [7, 11) is -4.36. The van der Waals surface area contributed by atoms with Gasteiger partial charge < -0.3 is 74.9 Å². The number of hydrogen-bond donors (Lipinski definition) is 10. The van der Waals surface area contributed by atoms with E-state index in [1.54, 1.807) is 63.6 Å². The van der Waals surface area contributed by atoms with Crippen LogP contribution in [0.25, 0.3) is 21.3 Å². The van der Waals surface area contributed by atoms with Crippen LogP contribution >= 0.6 is 23.1 Å². The van der Waals surface area contributed by atoms with E-state index in [2.05, 4.69) is 34.8 Å². The number of thioether (sulfide) groups is 1. The van der Waals surface area contributed by atoms with Gasteiger partial charge in [-0.25, -0.2) is 19.6 Å². The van der Waals surface area contributed by atoms with Crippen LogP contribution in [0.3, 0.4) is 0 Å². The Labute approximate surface area is 694 Å². The number of hydrogen-bond acceptors (Lipinski definition) is 25. The van der Waals surface area contributed by atoms with Gasteiger partial charge in [0, 0.05) is 73.9 Å². The molecule has 3 unspecified atom stereocenters. The van der Waals surface area contributed by atoms with Crippen molar-refractivity contribution in [1.29, 1.82) is 0 Å². The lowest BCUT2D eigenvalue weighted by Crippen LogP contribution is -2.64. The molecule has 31 nitrogen and oxygen atoms in total. The second kappa shape index (κ2) is 37.3. The van der Waals surface area contributed by atoms with E-state index in [0.717, 1.165) is 59.1 Å². The standard InChI is InChI=1S/C84H110N10O21S3/c1-48(2)61(33-58(97)35-93-56(39-112-28-29-118(109,110)111)32-65(77(93)105)87-74(102)51(5)116-8)76(104)86-49(3)66(98)31-52-16-17-55(54(30-52)18-20-68-73(101)72(100)67(99)40-113-68)38-114-80(108)91(25-23-57(96)37-95)26-27-115-84-44-81(6)41-82(7,45-84)43-83(42-81,46-84)47-94-50(4)62(34-85-94)59-19-21-70(89-71(59)78(106)107)92-24-22-53-12-11-13-60(63(53)36-92)75(103)90-79-88-64-14-9-10-15-69(64)117-79/h9-17,19,21,30,34,48-49,51,56-57,61,65,67-68,72-73,95-96,99-101H,18,20,22-29,31-33,35-47H2,1-8H3,(H,86,104)(H,87,102)(H,106,107)(H,88,90,103)(H,109,110,111)/t49-,51?,56-,57-,61-,65-,67+,68-,72-,73-,81?,82?,83?,84?/m0/s1. The summed E-state index contributed by atoms with van der Waals surface area (Å²) in [5.41, 5.74) is 5.35. The molecule has 6 fully saturated rings. The number of ketones is 2. The minimum atomic E-state index is -4.36. The zero-order chi connectivity index (χ0) is 84.9. The Hall–Kier alpha value is -8.39. The van der Waals surface area contributed by atoms with Crippen molar-refractivity contribution in [2.45, 2.75) is 211 Å². The zero-order valence-corrected chi connectivity index (χ0v) is 70.4. The van der Waals surface area contributed by atoms with Crippen LogP contribution in [0.5, 0.6) is 0 Å². The Balaban J connectivity index is 0.691. The number of pyridine rings is 1. The van der Waals surface area contributed by atoms with Gasteiger partial charge in [0.2, 0.25) is 17.7 Å². The van der Waals surface area contributed by atoms with Gasteiger partial charge in [0.25, 0.3) is 16.0 Å². The first kappa shape index (κ1) is 88.9. The number of aromatic carboxylic acids is 1. The largest absolute Gasteiger partial charge is 0.476 e. The highest BCUT2D eigenvalue weighted by Crippen LogP contribution is 2.72. The third-order valence-corrected chi connectivity index (χ3v) is 26.9. The molecule has 6 heterocycles. The molecule has 7 aliphatic rings. The van der Waals surface area contributed by atoms with Crippen LogP contribution in [0.1, 0.15) is 160 Å². The number of nitrogens with zero attached hydrogens (tertiary/aromatic N) is 7. The number of carboxylic acids is 1. The highest BCUT2D eigenvalue weighted by Gasteiger charge is 2.66.